The molecule has 2 atom stereocenters. The van der Waals surface area contributed by atoms with Crippen LogP contribution >= 0.6 is 0 Å². The van der Waals surface area contributed by atoms with Crippen LogP contribution in [-0.4, -0.2) is 89.4 Å². The minimum Gasteiger partial charge on any atom is -0.495 e. The molecule has 5 N–H and O–H groups in total. The number of nitrogens with two attached hydrogens (primary N) is 1. The van der Waals surface area contributed by atoms with Crippen LogP contribution in [0.25, 0.3) is 10.9 Å². The van der Waals surface area contributed by atoms with Crippen molar-refractivity contribution < 1.29 is 14.3 Å². The summed E-state index contributed by atoms with van der Waals surface area (Å²) in [7, 11) is 3.56. The topological polar surface area (TPSA) is 120 Å². The zero-order chi connectivity index (χ0) is 28.0. The molecule has 4 heterocycles. The Hall–Kier alpha value is -3.44. The Bertz CT molecular complexity index is 1330. The SMILES string of the molecule is CCC1CN(C)C2=C(N[C@@](N)(Nc3cc4ccn(C(=O)CN5CCCC5)c4cc3OC)NC2=O)N1C1CCCC1. The highest BCUT2D eigenvalue weighted by molar-refractivity contribution is 5.97. The number of rotatable bonds is 7. The van der Waals surface area contributed by atoms with Crippen molar-refractivity contribution in [1.82, 2.24) is 29.9 Å². The number of aromatic nitrogens is 1. The number of amides is 1. The first kappa shape index (κ1) is 26.8. The molecule has 40 heavy (non-hydrogen) atoms. The number of nitrogens with zero attached hydrogens (tertiary/aromatic N) is 4. The molecule has 11 nitrogen and oxygen atoms in total. The fourth-order valence-electron chi connectivity index (χ4n) is 6.96. The maximum absolute atomic E-state index is 13.5. The van der Waals surface area contributed by atoms with E-state index in [1.165, 1.54) is 12.8 Å². The van der Waals surface area contributed by atoms with E-state index in [9.17, 15) is 9.59 Å². The van der Waals surface area contributed by atoms with Crippen LogP contribution in [0.15, 0.2) is 35.9 Å². The number of methoxy groups -OCH3 is 1. The predicted molar refractivity (Wildman–Crippen MR) is 154 cm³/mol. The van der Waals surface area contributed by atoms with Gasteiger partial charge in [0.15, 0.2) is 0 Å². The third kappa shape index (κ3) is 4.75. The van der Waals surface area contributed by atoms with E-state index in [4.69, 9.17) is 10.5 Å². The number of likely N-dealkylation sites (tertiary alicyclic amines) is 1. The third-order valence-electron chi connectivity index (χ3n) is 8.94. The van der Waals surface area contributed by atoms with E-state index >= 15 is 0 Å². The normalized spacial score (nSPS) is 25.8. The van der Waals surface area contributed by atoms with Gasteiger partial charge in [0, 0.05) is 43.3 Å². The summed E-state index contributed by atoms with van der Waals surface area (Å²) < 4.78 is 7.43. The van der Waals surface area contributed by atoms with Crippen molar-refractivity contribution in [2.75, 3.05) is 45.7 Å². The summed E-state index contributed by atoms with van der Waals surface area (Å²) in [5.41, 5.74) is 8.85. The molecule has 1 unspecified atom stereocenters. The molecule has 1 aromatic heterocycles. The molecule has 11 heteroatoms. The van der Waals surface area contributed by atoms with Crippen LogP contribution in [-0.2, 0) is 4.79 Å². The Balaban J connectivity index is 1.30. The Labute approximate surface area is 235 Å². The number of hydrogen-bond acceptors (Lipinski definition) is 9. The number of carbonyl (C=O) groups excluding carboxylic acids is 2. The lowest BCUT2D eigenvalue weighted by atomic mass is 10.0. The first-order valence-electron chi connectivity index (χ1n) is 14.7. The quantitative estimate of drug-likeness (QED) is 0.385. The number of likely N-dealkylation sites (N-methyl/N-ethyl adjacent to an activating group) is 1. The average Bonchev–Trinajstić information content (AvgIpc) is 3.69. The third-order valence-corrected chi connectivity index (χ3v) is 8.94. The second-order valence-corrected chi connectivity index (χ2v) is 11.7. The lowest BCUT2D eigenvalue weighted by Gasteiger charge is -2.52. The van der Waals surface area contributed by atoms with Crippen molar-refractivity contribution in [2.45, 2.75) is 69.9 Å². The van der Waals surface area contributed by atoms with Crippen molar-refractivity contribution in [2.24, 2.45) is 5.73 Å². The molecular formula is C29H42N8O3. The maximum atomic E-state index is 13.5. The fraction of sp³-hybridized carbons (Fsp3) is 0.586. The van der Waals surface area contributed by atoms with E-state index in [1.807, 2.05) is 36.3 Å². The van der Waals surface area contributed by atoms with Gasteiger partial charge in [0.25, 0.3) is 5.91 Å². The van der Waals surface area contributed by atoms with Crippen molar-refractivity contribution in [1.29, 1.82) is 0 Å². The Morgan fingerprint density at radius 1 is 1.18 bits per heavy atom. The fourth-order valence-corrected chi connectivity index (χ4v) is 6.96. The Kier molecular flexibility index (Phi) is 7.03. The number of carbonyl (C=O) groups is 2. The molecular weight excluding hydrogens is 508 g/mol. The number of ether oxygens (including phenoxy) is 1. The molecule has 0 radical (unpaired) electrons. The first-order valence-corrected chi connectivity index (χ1v) is 14.7. The summed E-state index contributed by atoms with van der Waals surface area (Å²) in [5.74, 6) is -0.317. The molecule has 1 aromatic carbocycles. The molecule has 0 spiro atoms. The average molecular weight is 551 g/mol. The number of hydrogen-bond donors (Lipinski definition) is 4. The van der Waals surface area contributed by atoms with Crippen molar-refractivity contribution >= 4 is 28.4 Å². The highest BCUT2D eigenvalue weighted by atomic mass is 16.5. The highest BCUT2D eigenvalue weighted by Crippen LogP contribution is 2.36. The van der Waals surface area contributed by atoms with Gasteiger partial charge < -0.3 is 25.2 Å². The zero-order valence-electron chi connectivity index (χ0n) is 23.8. The molecule has 6 rings (SSSR count). The van der Waals surface area contributed by atoms with Gasteiger partial charge in [-0.25, -0.2) is 0 Å². The minimum atomic E-state index is -1.45. The van der Waals surface area contributed by atoms with Gasteiger partial charge in [-0.2, -0.15) is 0 Å². The van der Waals surface area contributed by atoms with E-state index in [0.717, 1.165) is 68.5 Å². The summed E-state index contributed by atoms with van der Waals surface area (Å²) in [6, 6.07) is 6.36. The maximum Gasteiger partial charge on any atom is 0.275 e. The zero-order valence-corrected chi connectivity index (χ0v) is 23.8. The van der Waals surface area contributed by atoms with Gasteiger partial charge >= 0.3 is 0 Å². The monoisotopic (exact) mass is 550 g/mol. The first-order chi connectivity index (χ1) is 19.3. The number of nitrogens with one attached hydrogen (secondary N) is 3. The van der Waals surface area contributed by atoms with Crippen LogP contribution in [0.1, 0.15) is 56.7 Å². The highest BCUT2D eigenvalue weighted by Gasteiger charge is 2.46. The summed E-state index contributed by atoms with van der Waals surface area (Å²) in [6.45, 7) is 5.32. The van der Waals surface area contributed by atoms with Crippen LogP contribution in [0, 0.1) is 0 Å². The molecule has 4 aliphatic rings. The Morgan fingerprint density at radius 2 is 1.93 bits per heavy atom. The molecule has 216 valence electrons. The van der Waals surface area contributed by atoms with Crippen molar-refractivity contribution in [3.63, 3.8) is 0 Å². The molecule has 1 aliphatic carbocycles. The molecule has 2 fully saturated rings. The van der Waals surface area contributed by atoms with Gasteiger partial charge in [-0.3, -0.25) is 30.1 Å². The van der Waals surface area contributed by atoms with E-state index in [0.29, 0.717) is 35.8 Å². The van der Waals surface area contributed by atoms with Gasteiger partial charge in [-0.05, 0) is 57.3 Å². The Morgan fingerprint density at radius 3 is 2.62 bits per heavy atom. The molecule has 1 saturated carbocycles. The van der Waals surface area contributed by atoms with Crippen molar-refractivity contribution in [3.05, 3.63) is 35.9 Å². The van der Waals surface area contributed by atoms with Crippen LogP contribution in [0.5, 0.6) is 5.75 Å². The molecule has 1 saturated heterocycles. The summed E-state index contributed by atoms with van der Waals surface area (Å²) in [4.78, 5) is 33.2. The summed E-state index contributed by atoms with van der Waals surface area (Å²) in [6.07, 6.45) is 9.69. The summed E-state index contributed by atoms with van der Waals surface area (Å²) in [5, 5.41) is 10.6. The van der Waals surface area contributed by atoms with Crippen LogP contribution in [0.4, 0.5) is 5.69 Å². The lowest BCUT2D eigenvalue weighted by molar-refractivity contribution is -0.123. The predicted octanol–water partition coefficient (Wildman–Crippen LogP) is 2.22. The standard InChI is InChI=1S/C29H42N8O3/c1-4-20-17-34(2)26-27(37(20)21-9-5-6-10-21)32-29(30,33-28(26)39)31-22-15-19-11-14-36(23(19)16-24(22)40-3)25(38)18-35-12-7-8-13-35/h11,14-16,20-21,31-32H,4-10,12-13,17-18,30H2,1-3H3,(H,33,39)/t20?,29-/m1/s1. The largest absolute Gasteiger partial charge is 0.495 e. The van der Waals surface area contributed by atoms with Gasteiger partial charge in [0.05, 0.1) is 24.9 Å². The van der Waals surface area contributed by atoms with Gasteiger partial charge in [-0.1, -0.05) is 19.8 Å². The smallest absolute Gasteiger partial charge is 0.275 e. The van der Waals surface area contributed by atoms with Gasteiger partial charge in [0.1, 0.15) is 17.3 Å². The van der Waals surface area contributed by atoms with E-state index in [-0.39, 0.29) is 11.8 Å². The molecule has 1 amide bonds. The number of anilines is 1. The van der Waals surface area contributed by atoms with Crippen LogP contribution in [0.2, 0.25) is 0 Å². The number of benzene rings is 1. The van der Waals surface area contributed by atoms with Crippen LogP contribution in [0.3, 0.4) is 0 Å². The second kappa shape index (κ2) is 10.5. The van der Waals surface area contributed by atoms with E-state index in [2.05, 4.69) is 32.7 Å². The summed E-state index contributed by atoms with van der Waals surface area (Å²) >= 11 is 0. The van der Waals surface area contributed by atoms with Gasteiger partial charge in [-0.15, -0.1) is 0 Å². The molecule has 0 bridgehead atoms. The lowest BCUT2D eigenvalue weighted by Crippen LogP contribution is -2.76. The molecule has 3 aliphatic heterocycles. The van der Waals surface area contributed by atoms with Crippen LogP contribution < -0.4 is 26.4 Å². The second-order valence-electron chi connectivity index (χ2n) is 11.7. The molecule has 2 aromatic rings. The van der Waals surface area contributed by atoms with E-state index in [1.54, 1.807) is 11.7 Å². The minimum absolute atomic E-state index is 0.0366. The van der Waals surface area contributed by atoms with Crippen molar-refractivity contribution in [3.8, 4) is 5.75 Å². The van der Waals surface area contributed by atoms with E-state index < -0.39 is 5.91 Å². The van der Waals surface area contributed by atoms with Gasteiger partial charge in [0.2, 0.25) is 11.8 Å². The number of fused-ring (bicyclic) bond motifs is 1.